The number of aryl methyl sites for hydroxylation is 1. The van der Waals surface area contributed by atoms with Crippen LogP contribution in [-0.4, -0.2) is 24.1 Å². The van der Waals surface area contributed by atoms with Crippen LogP contribution >= 0.6 is 0 Å². The molecule has 1 fully saturated rings. The molecule has 0 bridgehead atoms. The average Bonchev–Trinajstić information content (AvgIpc) is 3.15. The minimum Gasteiger partial charge on any atom is -0.496 e. The zero-order valence-electron chi connectivity index (χ0n) is 23.4. The third-order valence-corrected chi connectivity index (χ3v) is 7.32. The van der Waals surface area contributed by atoms with Gasteiger partial charge < -0.3 is 9.47 Å². The van der Waals surface area contributed by atoms with Gasteiger partial charge in [-0.2, -0.15) is 13.2 Å². The SMILES string of the molecule is C=C(C)c1ccc(-c2cc(C(C)C)c(F)cc2OC)c(CN2C(=O)O[C@H](c3cc(C)cc(C(F)(F)F)c3)[C@@H]2C)c1. The highest BCUT2D eigenvalue weighted by Crippen LogP contribution is 2.41. The van der Waals surface area contributed by atoms with Crippen molar-refractivity contribution < 1.29 is 31.8 Å². The molecular weight excluding hydrogens is 522 g/mol. The number of carbonyl (C=O) groups excluding carboxylic acids is 1. The number of rotatable bonds is 7. The molecule has 1 amide bonds. The third-order valence-electron chi connectivity index (χ3n) is 7.32. The smallest absolute Gasteiger partial charge is 0.416 e. The average molecular weight is 556 g/mol. The molecule has 0 saturated carbocycles. The van der Waals surface area contributed by atoms with Gasteiger partial charge in [0.15, 0.2) is 0 Å². The molecule has 4 rings (SSSR count). The van der Waals surface area contributed by atoms with Crippen LogP contribution in [0.1, 0.15) is 73.1 Å². The number of ether oxygens (including phenoxy) is 2. The summed E-state index contributed by atoms with van der Waals surface area (Å²) in [5.41, 5.74) is 4.27. The van der Waals surface area contributed by atoms with E-state index >= 15 is 0 Å². The molecule has 40 heavy (non-hydrogen) atoms. The number of amides is 1. The summed E-state index contributed by atoms with van der Waals surface area (Å²) in [6, 6.07) is 12.0. The van der Waals surface area contributed by atoms with E-state index in [-0.39, 0.29) is 23.8 Å². The van der Waals surface area contributed by atoms with Crippen LogP contribution in [0.5, 0.6) is 5.75 Å². The number of allylic oxidation sites excluding steroid dienone is 1. The molecule has 1 saturated heterocycles. The van der Waals surface area contributed by atoms with Crippen LogP contribution in [-0.2, 0) is 17.5 Å². The second-order valence-electron chi connectivity index (χ2n) is 10.7. The lowest BCUT2D eigenvalue weighted by Crippen LogP contribution is -2.31. The Labute approximate surface area is 232 Å². The van der Waals surface area contributed by atoms with Crippen molar-refractivity contribution in [3.05, 3.63) is 94.3 Å². The van der Waals surface area contributed by atoms with Gasteiger partial charge in [0.1, 0.15) is 17.7 Å². The lowest BCUT2D eigenvalue weighted by atomic mass is 9.91. The summed E-state index contributed by atoms with van der Waals surface area (Å²) in [7, 11) is 1.47. The summed E-state index contributed by atoms with van der Waals surface area (Å²) in [6.07, 6.45) is -6.03. The molecule has 212 valence electrons. The molecular formula is C32H33F4NO3. The minimum atomic E-state index is -4.52. The first-order valence-corrected chi connectivity index (χ1v) is 13.0. The zero-order valence-corrected chi connectivity index (χ0v) is 23.4. The van der Waals surface area contributed by atoms with Crippen molar-refractivity contribution in [1.82, 2.24) is 4.90 Å². The van der Waals surface area contributed by atoms with E-state index in [0.717, 1.165) is 34.4 Å². The summed E-state index contributed by atoms with van der Waals surface area (Å²) in [4.78, 5) is 14.6. The molecule has 0 radical (unpaired) electrons. The van der Waals surface area contributed by atoms with Gasteiger partial charge in [0.2, 0.25) is 0 Å². The molecule has 1 heterocycles. The van der Waals surface area contributed by atoms with Crippen molar-refractivity contribution >= 4 is 11.7 Å². The second-order valence-corrected chi connectivity index (χ2v) is 10.7. The highest BCUT2D eigenvalue weighted by Gasteiger charge is 2.41. The van der Waals surface area contributed by atoms with Crippen molar-refractivity contribution in [3.63, 3.8) is 0 Å². The van der Waals surface area contributed by atoms with Gasteiger partial charge in [-0.1, -0.05) is 49.8 Å². The molecule has 4 nitrogen and oxygen atoms in total. The van der Waals surface area contributed by atoms with Gasteiger partial charge in [0.25, 0.3) is 0 Å². The topological polar surface area (TPSA) is 38.8 Å². The number of hydrogen-bond donors (Lipinski definition) is 0. The van der Waals surface area contributed by atoms with Crippen molar-refractivity contribution in [1.29, 1.82) is 0 Å². The van der Waals surface area contributed by atoms with Crippen LogP contribution in [0.25, 0.3) is 16.7 Å². The van der Waals surface area contributed by atoms with Gasteiger partial charge in [-0.3, -0.25) is 4.90 Å². The normalized spacial score (nSPS) is 17.4. The standard InChI is InChI=1S/C32H33F4NO3/c1-17(2)21-8-9-25(27-14-26(18(3)4)28(33)15-29(27)39-7)23(12-21)16-37-20(6)30(40-31(37)38)22-10-19(5)11-24(13-22)32(34,35)36/h8-15,18,20,30H,1,16H2,2-7H3/t20-,30-/m0/s1. The fourth-order valence-corrected chi connectivity index (χ4v) is 5.13. The van der Waals surface area contributed by atoms with Crippen LogP contribution in [0.3, 0.4) is 0 Å². The number of benzene rings is 3. The number of methoxy groups -OCH3 is 1. The van der Waals surface area contributed by atoms with Crippen LogP contribution in [0.15, 0.2) is 55.1 Å². The number of nitrogens with zero attached hydrogens (tertiary/aromatic N) is 1. The van der Waals surface area contributed by atoms with Gasteiger partial charge in [-0.05, 0) is 78.8 Å². The van der Waals surface area contributed by atoms with E-state index in [0.29, 0.717) is 22.4 Å². The summed E-state index contributed by atoms with van der Waals surface area (Å²) in [6.45, 7) is 13.1. The second kappa shape index (κ2) is 11.0. The number of hydrogen-bond acceptors (Lipinski definition) is 3. The Hall–Kier alpha value is -3.81. The molecule has 0 aromatic heterocycles. The predicted octanol–water partition coefficient (Wildman–Crippen LogP) is 9.07. The van der Waals surface area contributed by atoms with E-state index in [1.165, 1.54) is 18.1 Å². The fraction of sp³-hybridized carbons (Fsp3) is 0.344. The van der Waals surface area contributed by atoms with Crippen LogP contribution in [0, 0.1) is 12.7 Å². The Morgan fingerprint density at radius 3 is 2.40 bits per heavy atom. The predicted molar refractivity (Wildman–Crippen MR) is 148 cm³/mol. The van der Waals surface area contributed by atoms with E-state index < -0.39 is 30.0 Å². The first-order valence-electron chi connectivity index (χ1n) is 13.0. The van der Waals surface area contributed by atoms with Crippen molar-refractivity contribution in [3.8, 4) is 16.9 Å². The van der Waals surface area contributed by atoms with E-state index in [1.807, 2.05) is 39.0 Å². The molecule has 3 aromatic carbocycles. The molecule has 1 aliphatic rings. The van der Waals surface area contributed by atoms with Gasteiger partial charge in [0.05, 0.1) is 25.3 Å². The van der Waals surface area contributed by atoms with Crippen molar-refractivity contribution in [2.45, 2.75) is 65.4 Å². The maximum absolute atomic E-state index is 14.8. The van der Waals surface area contributed by atoms with Crippen molar-refractivity contribution in [2.75, 3.05) is 7.11 Å². The van der Waals surface area contributed by atoms with Gasteiger partial charge >= 0.3 is 12.3 Å². The molecule has 1 aliphatic heterocycles. The quantitative estimate of drug-likeness (QED) is 0.273. The zero-order chi connectivity index (χ0) is 29.5. The number of carbonyl (C=O) groups is 1. The summed E-state index contributed by atoms with van der Waals surface area (Å²) in [5, 5.41) is 0. The Morgan fingerprint density at radius 2 is 1.80 bits per heavy atom. The first kappa shape index (κ1) is 29.2. The first-order chi connectivity index (χ1) is 18.7. The molecule has 0 unspecified atom stereocenters. The molecule has 3 aromatic rings. The van der Waals surface area contributed by atoms with Crippen LogP contribution in [0.2, 0.25) is 0 Å². The molecule has 2 atom stereocenters. The van der Waals surface area contributed by atoms with Gasteiger partial charge in [0, 0.05) is 11.6 Å². The van der Waals surface area contributed by atoms with Crippen molar-refractivity contribution in [2.24, 2.45) is 0 Å². The largest absolute Gasteiger partial charge is 0.496 e. The van der Waals surface area contributed by atoms with Crippen LogP contribution < -0.4 is 4.74 Å². The summed E-state index contributed by atoms with van der Waals surface area (Å²) in [5.74, 6) is -0.0969. The van der Waals surface area contributed by atoms with E-state index in [2.05, 4.69) is 6.58 Å². The Morgan fingerprint density at radius 1 is 1.10 bits per heavy atom. The number of halogens is 4. The molecule has 8 heteroatoms. The number of cyclic esters (lactones) is 1. The highest BCUT2D eigenvalue weighted by molar-refractivity contribution is 5.78. The maximum Gasteiger partial charge on any atom is 0.416 e. The Kier molecular flexibility index (Phi) is 8.01. The Bertz CT molecular complexity index is 1460. The number of alkyl halides is 3. The van der Waals surface area contributed by atoms with E-state index in [1.54, 1.807) is 26.0 Å². The van der Waals surface area contributed by atoms with Crippen LogP contribution in [0.4, 0.5) is 22.4 Å². The van der Waals surface area contributed by atoms with Gasteiger partial charge in [-0.25, -0.2) is 9.18 Å². The third kappa shape index (κ3) is 5.71. The maximum atomic E-state index is 14.8. The highest BCUT2D eigenvalue weighted by atomic mass is 19.4. The molecule has 0 aliphatic carbocycles. The lowest BCUT2D eigenvalue weighted by molar-refractivity contribution is -0.137. The summed E-state index contributed by atoms with van der Waals surface area (Å²) >= 11 is 0. The minimum absolute atomic E-state index is 0.0759. The fourth-order valence-electron chi connectivity index (χ4n) is 5.13. The van der Waals surface area contributed by atoms with E-state index in [4.69, 9.17) is 9.47 Å². The monoisotopic (exact) mass is 555 g/mol. The summed E-state index contributed by atoms with van der Waals surface area (Å²) < 4.78 is 66.4. The molecule has 0 N–H and O–H groups in total. The van der Waals surface area contributed by atoms with E-state index in [9.17, 15) is 22.4 Å². The van der Waals surface area contributed by atoms with Gasteiger partial charge in [-0.15, -0.1) is 0 Å². The lowest BCUT2D eigenvalue weighted by Gasteiger charge is -2.24. The molecule has 0 spiro atoms. The Balaban J connectivity index is 1.77.